The van der Waals surface area contributed by atoms with Gasteiger partial charge in [0.15, 0.2) is 0 Å². The molecule has 0 atom stereocenters. The van der Waals surface area contributed by atoms with Crippen LogP contribution in [0.5, 0.6) is 5.75 Å². The highest BCUT2D eigenvalue weighted by Gasteiger charge is 2.20. The summed E-state index contributed by atoms with van der Waals surface area (Å²) in [6.45, 7) is 8.51. The zero-order valence-electron chi connectivity index (χ0n) is 12.7. The summed E-state index contributed by atoms with van der Waals surface area (Å²) in [6.07, 6.45) is 0. The summed E-state index contributed by atoms with van der Waals surface area (Å²) < 4.78 is 5.29. The van der Waals surface area contributed by atoms with Crippen LogP contribution in [0, 0.1) is 6.92 Å². The molecular weight excluding hydrogens is 266 g/mol. The number of nitrogens with one attached hydrogen (secondary N) is 1. The molecule has 2 rings (SSSR count). The van der Waals surface area contributed by atoms with E-state index in [0.717, 1.165) is 18.8 Å². The monoisotopic (exact) mass is 289 g/mol. The van der Waals surface area contributed by atoms with Crippen molar-refractivity contribution in [3.8, 4) is 5.75 Å². The van der Waals surface area contributed by atoms with Crippen molar-refractivity contribution in [1.82, 2.24) is 5.32 Å². The molecule has 0 aliphatic rings. The number of hydrogen-bond donors (Lipinski definition) is 1. The third-order valence-corrected chi connectivity index (χ3v) is 4.78. The summed E-state index contributed by atoms with van der Waals surface area (Å²) >= 11 is 1.83. The molecular formula is C17H23NOS. The Bertz CT molecular complexity index is 546. The average molecular weight is 289 g/mol. The Kier molecular flexibility index (Phi) is 4.84. The van der Waals surface area contributed by atoms with E-state index in [9.17, 15) is 0 Å². The Labute approximate surface area is 125 Å². The molecule has 3 heteroatoms. The highest BCUT2D eigenvalue weighted by atomic mass is 32.1. The first-order valence-electron chi connectivity index (χ1n) is 6.91. The first-order chi connectivity index (χ1) is 9.53. The van der Waals surface area contributed by atoms with Gasteiger partial charge in [-0.3, -0.25) is 0 Å². The molecule has 0 aliphatic heterocycles. The van der Waals surface area contributed by atoms with Crippen molar-refractivity contribution in [2.24, 2.45) is 0 Å². The highest BCUT2D eigenvalue weighted by molar-refractivity contribution is 7.10. The van der Waals surface area contributed by atoms with Gasteiger partial charge in [0.2, 0.25) is 0 Å². The van der Waals surface area contributed by atoms with Crippen LogP contribution in [-0.4, -0.2) is 13.7 Å². The van der Waals surface area contributed by atoms with Crippen LogP contribution >= 0.6 is 11.3 Å². The van der Waals surface area contributed by atoms with Crippen molar-refractivity contribution < 1.29 is 4.74 Å². The second-order valence-electron chi connectivity index (χ2n) is 5.77. The molecule has 0 radical (unpaired) electrons. The summed E-state index contributed by atoms with van der Waals surface area (Å²) in [4.78, 5) is 1.43. The minimum absolute atomic E-state index is 0.176. The van der Waals surface area contributed by atoms with Crippen molar-refractivity contribution >= 4 is 11.3 Å². The zero-order valence-corrected chi connectivity index (χ0v) is 13.5. The van der Waals surface area contributed by atoms with Gasteiger partial charge in [-0.25, -0.2) is 0 Å². The minimum atomic E-state index is 0.176. The average Bonchev–Trinajstić information content (AvgIpc) is 2.93. The van der Waals surface area contributed by atoms with E-state index in [4.69, 9.17) is 4.74 Å². The predicted octanol–water partition coefficient (Wildman–Crippen LogP) is 4.13. The van der Waals surface area contributed by atoms with Crippen LogP contribution in [0.2, 0.25) is 0 Å². The van der Waals surface area contributed by atoms with Gasteiger partial charge in [0.25, 0.3) is 0 Å². The number of rotatable bonds is 6. The largest absolute Gasteiger partial charge is 0.496 e. The SMILES string of the molecule is COc1ccc(CNCC(C)(C)c2cccs2)cc1C. The van der Waals surface area contributed by atoms with Gasteiger partial charge >= 0.3 is 0 Å². The van der Waals surface area contributed by atoms with E-state index in [-0.39, 0.29) is 5.41 Å². The van der Waals surface area contributed by atoms with Gasteiger partial charge < -0.3 is 10.1 Å². The van der Waals surface area contributed by atoms with Crippen LogP contribution in [0.1, 0.15) is 29.9 Å². The van der Waals surface area contributed by atoms with Crippen molar-refractivity contribution in [1.29, 1.82) is 0 Å². The minimum Gasteiger partial charge on any atom is -0.496 e. The Morgan fingerprint density at radius 2 is 2.05 bits per heavy atom. The lowest BCUT2D eigenvalue weighted by molar-refractivity contribution is 0.411. The van der Waals surface area contributed by atoms with E-state index in [0.29, 0.717) is 0 Å². The van der Waals surface area contributed by atoms with Crippen LogP contribution in [0.25, 0.3) is 0 Å². The standard InChI is InChI=1S/C17H23NOS/c1-13-10-14(7-8-15(13)19-4)11-18-12-17(2,3)16-6-5-9-20-16/h5-10,18H,11-12H2,1-4H3. The lowest BCUT2D eigenvalue weighted by Crippen LogP contribution is -2.31. The van der Waals surface area contributed by atoms with E-state index < -0.39 is 0 Å². The van der Waals surface area contributed by atoms with Gasteiger partial charge in [-0.05, 0) is 35.6 Å². The molecule has 2 nitrogen and oxygen atoms in total. The van der Waals surface area contributed by atoms with Crippen molar-refractivity contribution in [2.75, 3.05) is 13.7 Å². The maximum atomic E-state index is 5.29. The quantitative estimate of drug-likeness (QED) is 0.863. The molecule has 1 N–H and O–H groups in total. The van der Waals surface area contributed by atoms with Crippen molar-refractivity contribution in [3.05, 3.63) is 51.7 Å². The molecule has 108 valence electrons. The van der Waals surface area contributed by atoms with Gasteiger partial charge in [-0.1, -0.05) is 32.0 Å². The Morgan fingerprint density at radius 3 is 2.65 bits per heavy atom. The molecule has 0 fully saturated rings. The van der Waals surface area contributed by atoms with Gasteiger partial charge in [0.1, 0.15) is 5.75 Å². The molecule has 1 aromatic carbocycles. The molecule has 2 aromatic rings. The van der Waals surface area contributed by atoms with E-state index in [1.807, 2.05) is 17.4 Å². The summed E-state index contributed by atoms with van der Waals surface area (Å²) in [5.41, 5.74) is 2.66. The van der Waals surface area contributed by atoms with Gasteiger partial charge in [0, 0.05) is 23.4 Å². The van der Waals surface area contributed by atoms with Gasteiger partial charge in [-0.2, -0.15) is 0 Å². The third kappa shape index (κ3) is 3.62. The van der Waals surface area contributed by atoms with E-state index >= 15 is 0 Å². The second kappa shape index (κ2) is 6.42. The fourth-order valence-electron chi connectivity index (χ4n) is 2.32. The van der Waals surface area contributed by atoms with E-state index in [2.05, 4.69) is 55.7 Å². The lowest BCUT2D eigenvalue weighted by Gasteiger charge is -2.24. The van der Waals surface area contributed by atoms with Crippen LogP contribution < -0.4 is 10.1 Å². The number of methoxy groups -OCH3 is 1. The number of aryl methyl sites for hydroxylation is 1. The third-order valence-electron chi connectivity index (χ3n) is 3.54. The van der Waals surface area contributed by atoms with Crippen LogP contribution in [0.4, 0.5) is 0 Å². The molecule has 0 amide bonds. The molecule has 1 heterocycles. The summed E-state index contributed by atoms with van der Waals surface area (Å²) in [5.74, 6) is 0.952. The Balaban J connectivity index is 1.91. The number of thiophene rings is 1. The van der Waals surface area contributed by atoms with Crippen LogP contribution in [0.3, 0.4) is 0 Å². The smallest absolute Gasteiger partial charge is 0.121 e. The summed E-state index contributed by atoms with van der Waals surface area (Å²) in [6, 6.07) is 10.7. The molecule has 0 spiro atoms. The predicted molar refractivity (Wildman–Crippen MR) is 86.8 cm³/mol. The molecule has 1 aromatic heterocycles. The molecule has 20 heavy (non-hydrogen) atoms. The fourth-order valence-corrected chi connectivity index (χ4v) is 3.17. The first kappa shape index (κ1) is 15.1. The zero-order chi connectivity index (χ0) is 14.6. The highest BCUT2D eigenvalue weighted by Crippen LogP contribution is 2.26. The lowest BCUT2D eigenvalue weighted by atomic mass is 9.91. The maximum absolute atomic E-state index is 5.29. The number of benzene rings is 1. The van der Waals surface area contributed by atoms with Crippen LogP contribution in [0.15, 0.2) is 35.7 Å². The normalized spacial score (nSPS) is 11.6. The second-order valence-corrected chi connectivity index (χ2v) is 6.72. The summed E-state index contributed by atoms with van der Waals surface area (Å²) in [5, 5.41) is 5.70. The fraction of sp³-hybridized carbons (Fsp3) is 0.412. The molecule has 0 aliphatic carbocycles. The van der Waals surface area contributed by atoms with E-state index in [1.54, 1.807) is 7.11 Å². The molecule has 0 unspecified atom stereocenters. The van der Waals surface area contributed by atoms with Crippen LogP contribution in [-0.2, 0) is 12.0 Å². The Morgan fingerprint density at radius 1 is 1.25 bits per heavy atom. The molecule has 0 saturated carbocycles. The van der Waals surface area contributed by atoms with Crippen molar-refractivity contribution in [2.45, 2.75) is 32.7 Å². The summed E-state index contributed by atoms with van der Waals surface area (Å²) in [7, 11) is 1.71. The topological polar surface area (TPSA) is 21.3 Å². The molecule has 0 bridgehead atoms. The van der Waals surface area contributed by atoms with Gasteiger partial charge in [-0.15, -0.1) is 11.3 Å². The maximum Gasteiger partial charge on any atom is 0.121 e. The molecule has 0 saturated heterocycles. The number of hydrogen-bond acceptors (Lipinski definition) is 3. The number of ether oxygens (including phenoxy) is 1. The Hall–Kier alpha value is -1.32. The van der Waals surface area contributed by atoms with E-state index in [1.165, 1.54) is 16.0 Å². The first-order valence-corrected chi connectivity index (χ1v) is 7.79. The van der Waals surface area contributed by atoms with Gasteiger partial charge in [0.05, 0.1) is 7.11 Å². The van der Waals surface area contributed by atoms with Crippen molar-refractivity contribution in [3.63, 3.8) is 0 Å².